The summed E-state index contributed by atoms with van der Waals surface area (Å²) in [6.45, 7) is 4.56. The number of imidazole rings is 2. The molecule has 18 heavy (non-hydrogen) atoms. The Hall–Kier alpha value is -1.58. The van der Waals surface area contributed by atoms with Crippen molar-refractivity contribution in [2.75, 3.05) is 0 Å². The zero-order valence-electron chi connectivity index (χ0n) is 11.8. The van der Waals surface area contributed by atoms with Gasteiger partial charge in [-0.25, -0.2) is 18.3 Å². The highest BCUT2D eigenvalue weighted by Crippen LogP contribution is 2.19. The van der Waals surface area contributed by atoms with Crippen molar-refractivity contribution < 1.29 is 9.13 Å². The number of hydrogen-bond donors (Lipinski definition) is 0. The van der Waals surface area contributed by atoms with E-state index in [4.69, 9.17) is 0 Å². The number of aromatic nitrogens is 4. The largest absolute Gasteiger partial charge is 0.243 e. The van der Waals surface area contributed by atoms with E-state index in [0.717, 1.165) is 0 Å². The van der Waals surface area contributed by atoms with Gasteiger partial charge in [-0.05, 0) is 26.7 Å². The molecular weight excluding hydrogens is 224 g/mol. The third-order valence-corrected chi connectivity index (χ3v) is 3.60. The fourth-order valence-corrected chi connectivity index (χ4v) is 2.24. The highest BCUT2D eigenvalue weighted by molar-refractivity contribution is 4.76. The first-order valence-corrected chi connectivity index (χ1v) is 6.61. The summed E-state index contributed by atoms with van der Waals surface area (Å²) in [5, 5.41) is 0. The summed E-state index contributed by atoms with van der Waals surface area (Å²) in [5.74, 6) is 0. The van der Waals surface area contributed by atoms with E-state index < -0.39 is 0 Å². The predicted molar refractivity (Wildman–Crippen MR) is 69.9 cm³/mol. The summed E-state index contributed by atoms with van der Waals surface area (Å²) in [6.07, 6.45) is 15.1. The number of aryl methyl sites for hydroxylation is 2. The summed E-state index contributed by atoms with van der Waals surface area (Å²) >= 11 is 0. The van der Waals surface area contributed by atoms with Crippen LogP contribution in [0.25, 0.3) is 0 Å². The van der Waals surface area contributed by atoms with E-state index in [1.54, 1.807) is 0 Å². The third kappa shape index (κ3) is 3.00. The summed E-state index contributed by atoms with van der Waals surface area (Å²) < 4.78 is 8.74. The van der Waals surface area contributed by atoms with Gasteiger partial charge in [0.15, 0.2) is 0 Å². The Kier molecular flexibility index (Phi) is 3.84. The lowest BCUT2D eigenvalue weighted by atomic mass is 10.1. The molecule has 4 heteroatoms. The van der Waals surface area contributed by atoms with Crippen LogP contribution in [0.2, 0.25) is 0 Å². The Bertz CT molecular complexity index is 451. The Morgan fingerprint density at radius 2 is 1.22 bits per heavy atom. The smallest absolute Gasteiger partial charge is 0.240 e. The number of nitrogens with zero attached hydrogens (tertiary/aromatic N) is 4. The van der Waals surface area contributed by atoms with Crippen LogP contribution in [0.15, 0.2) is 37.4 Å². The van der Waals surface area contributed by atoms with E-state index in [1.807, 2.05) is 0 Å². The normalized spacial score (nSPS) is 14.7. The van der Waals surface area contributed by atoms with Crippen molar-refractivity contribution in [1.82, 2.24) is 9.13 Å². The Labute approximate surface area is 109 Å². The van der Waals surface area contributed by atoms with Crippen LogP contribution in [0.5, 0.6) is 0 Å². The van der Waals surface area contributed by atoms with Crippen LogP contribution in [0.1, 0.15) is 38.8 Å². The lowest BCUT2D eigenvalue weighted by Gasteiger charge is -2.11. The van der Waals surface area contributed by atoms with Crippen LogP contribution in [0.3, 0.4) is 0 Å². The molecule has 98 valence electrons. The monoisotopic (exact) mass is 248 g/mol. The molecule has 0 bridgehead atoms. The molecule has 0 spiro atoms. The van der Waals surface area contributed by atoms with Crippen molar-refractivity contribution in [3.05, 3.63) is 37.4 Å². The predicted octanol–water partition coefficient (Wildman–Crippen LogP) is 1.54. The van der Waals surface area contributed by atoms with E-state index in [2.05, 4.69) is 83.7 Å². The van der Waals surface area contributed by atoms with E-state index in [9.17, 15) is 0 Å². The van der Waals surface area contributed by atoms with Crippen molar-refractivity contribution in [1.29, 1.82) is 0 Å². The van der Waals surface area contributed by atoms with Gasteiger partial charge in [0, 0.05) is 0 Å². The standard InChI is InChI=1S/C14H24N4/c1-13(17-9-7-15(3)11-17)5-6-14(2)18-10-8-16(4)12-18/h7-14H,5-6H2,1-4H3/q+2/t13-,14-/m0/s1. The topological polar surface area (TPSA) is 17.6 Å². The zero-order chi connectivity index (χ0) is 13.1. The van der Waals surface area contributed by atoms with Gasteiger partial charge in [-0.3, -0.25) is 0 Å². The first-order chi connectivity index (χ1) is 8.56. The molecule has 0 unspecified atom stereocenters. The molecule has 4 nitrogen and oxygen atoms in total. The molecule has 2 rings (SSSR count). The quantitative estimate of drug-likeness (QED) is 0.714. The van der Waals surface area contributed by atoms with Crippen molar-refractivity contribution in [2.24, 2.45) is 14.1 Å². The highest BCUT2D eigenvalue weighted by Gasteiger charge is 2.15. The molecular formula is C14H24N4+2. The van der Waals surface area contributed by atoms with Gasteiger partial charge >= 0.3 is 0 Å². The Morgan fingerprint density at radius 1 is 0.833 bits per heavy atom. The fraction of sp³-hybridized carbons (Fsp3) is 0.571. The van der Waals surface area contributed by atoms with Gasteiger partial charge in [-0.2, -0.15) is 0 Å². The molecule has 0 amide bonds. The third-order valence-electron chi connectivity index (χ3n) is 3.60. The SMILES string of the molecule is C[C@@H](CC[C@H](C)n1cc[n+](C)c1)n1cc[n+](C)c1. The van der Waals surface area contributed by atoms with Gasteiger partial charge in [0.25, 0.3) is 0 Å². The van der Waals surface area contributed by atoms with E-state index >= 15 is 0 Å². The van der Waals surface area contributed by atoms with Gasteiger partial charge in [0.05, 0.1) is 26.2 Å². The van der Waals surface area contributed by atoms with Crippen molar-refractivity contribution in [2.45, 2.75) is 38.8 Å². The van der Waals surface area contributed by atoms with Crippen LogP contribution in [0, 0.1) is 0 Å². The summed E-state index contributed by atoms with van der Waals surface area (Å²) in [5.41, 5.74) is 0. The average Bonchev–Trinajstić information content (AvgIpc) is 2.94. The van der Waals surface area contributed by atoms with E-state index in [0.29, 0.717) is 12.1 Å². The molecule has 0 N–H and O–H groups in total. The van der Waals surface area contributed by atoms with Crippen molar-refractivity contribution in [3.63, 3.8) is 0 Å². The molecule has 2 heterocycles. The Morgan fingerprint density at radius 3 is 1.50 bits per heavy atom. The van der Waals surface area contributed by atoms with Crippen LogP contribution in [-0.4, -0.2) is 9.13 Å². The summed E-state index contributed by atoms with van der Waals surface area (Å²) in [6, 6.07) is 1.11. The molecule has 0 saturated heterocycles. The maximum Gasteiger partial charge on any atom is 0.243 e. The minimum atomic E-state index is 0.554. The lowest BCUT2D eigenvalue weighted by Crippen LogP contribution is -2.24. The minimum Gasteiger partial charge on any atom is -0.240 e. The first-order valence-electron chi connectivity index (χ1n) is 6.61. The van der Waals surface area contributed by atoms with Gasteiger partial charge < -0.3 is 0 Å². The lowest BCUT2D eigenvalue weighted by molar-refractivity contribution is -0.671. The van der Waals surface area contributed by atoms with E-state index in [1.165, 1.54) is 12.8 Å². The molecule has 2 atom stereocenters. The maximum absolute atomic E-state index is 2.28. The van der Waals surface area contributed by atoms with Crippen LogP contribution < -0.4 is 9.13 Å². The first kappa shape index (κ1) is 12.9. The number of hydrogen-bond acceptors (Lipinski definition) is 0. The second-order valence-electron chi connectivity index (χ2n) is 5.33. The Balaban J connectivity index is 1.88. The molecule has 0 fully saturated rings. The van der Waals surface area contributed by atoms with Crippen LogP contribution in [-0.2, 0) is 14.1 Å². The molecule has 0 aromatic carbocycles. The van der Waals surface area contributed by atoms with E-state index in [-0.39, 0.29) is 0 Å². The molecule has 2 aromatic heterocycles. The molecule has 0 aliphatic heterocycles. The van der Waals surface area contributed by atoms with Crippen molar-refractivity contribution >= 4 is 0 Å². The summed E-state index contributed by atoms with van der Waals surface area (Å²) in [7, 11) is 4.12. The van der Waals surface area contributed by atoms with Crippen LogP contribution >= 0.6 is 0 Å². The van der Waals surface area contributed by atoms with Gasteiger partial charge in [0.1, 0.15) is 24.8 Å². The fourth-order valence-electron chi connectivity index (χ4n) is 2.24. The molecule has 0 radical (unpaired) electrons. The molecule has 2 aromatic rings. The zero-order valence-corrected chi connectivity index (χ0v) is 11.8. The second kappa shape index (κ2) is 5.38. The highest BCUT2D eigenvalue weighted by atomic mass is 15.1. The van der Waals surface area contributed by atoms with Gasteiger partial charge in [-0.15, -0.1) is 0 Å². The molecule has 0 aliphatic rings. The van der Waals surface area contributed by atoms with Crippen LogP contribution in [0.4, 0.5) is 0 Å². The molecule has 0 aliphatic carbocycles. The maximum atomic E-state index is 2.28. The number of rotatable bonds is 5. The average molecular weight is 248 g/mol. The van der Waals surface area contributed by atoms with Gasteiger partial charge in [-0.1, -0.05) is 0 Å². The second-order valence-corrected chi connectivity index (χ2v) is 5.33. The minimum absolute atomic E-state index is 0.554. The van der Waals surface area contributed by atoms with Gasteiger partial charge in [0.2, 0.25) is 12.7 Å². The molecule has 0 saturated carbocycles. The van der Waals surface area contributed by atoms with Crippen molar-refractivity contribution in [3.8, 4) is 0 Å². The summed E-state index contributed by atoms with van der Waals surface area (Å²) in [4.78, 5) is 0.